The Balaban J connectivity index is 1.69. The SMILES string of the molecule is CNc1nc(Nc2cc(C(C)(C)c3ncccn3)nn2C2CC2)ncc1C(F)(F)F. The van der Waals surface area contributed by atoms with Gasteiger partial charge in [0.1, 0.15) is 23.0 Å². The van der Waals surface area contributed by atoms with E-state index < -0.39 is 17.2 Å². The Morgan fingerprint density at radius 1 is 1.10 bits per heavy atom. The first kappa shape index (κ1) is 20.0. The van der Waals surface area contributed by atoms with Gasteiger partial charge < -0.3 is 10.6 Å². The zero-order chi connectivity index (χ0) is 21.5. The molecule has 0 radical (unpaired) electrons. The van der Waals surface area contributed by atoms with Crippen LogP contribution >= 0.6 is 0 Å². The zero-order valence-corrected chi connectivity index (χ0v) is 16.7. The summed E-state index contributed by atoms with van der Waals surface area (Å²) in [6.07, 6.45) is 1.54. The molecule has 4 rings (SSSR count). The summed E-state index contributed by atoms with van der Waals surface area (Å²) in [5.41, 5.74) is -0.743. The van der Waals surface area contributed by atoms with Gasteiger partial charge in [-0.1, -0.05) is 0 Å². The predicted molar refractivity (Wildman–Crippen MR) is 105 cm³/mol. The summed E-state index contributed by atoms with van der Waals surface area (Å²) in [5, 5.41) is 10.2. The molecule has 1 aliphatic carbocycles. The number of rotatable bonds is 6. The second-order valence-corrected chi connectivity index (χ2v) is 7.62. The molecule has 1 aliphatic rings. The van der Waals surface area contributed by atoms with Crippen molar-refractivity contribution in [3.63, 3.8) is 0 Å². The smallest absolute Gasteiger partial charge is 0.372 e. The second-order valence-electron chi connectivity index (χ2n) is 7.62. The normalized spacial score (nSPS) is 14.6. The number of hydrogen-bond donors (Lipinski definition) is 2. The molecule has 0 aliphatic heterocycles. The Hall–Kier alpha value is -3.24. The highest BCUT2D eigenvalue weighted by molar-refractivity contribution is 5.55. The number of nitrogens with one attached hydrogen (secondary N) is 2. The van der Waals surface area contributed by atoms with E-state index in [4.69, 9.17) is 5.10 Å². The topological polar surface area (TPSA) is 93.4 Å². The van der Waals surface area contributed by atoms with Crippen LogP contribution in [0.3, 0.4) is 0 Å². The lowest BCUT2D eigenvalue weighted by Gasteiger charge is -2.19. The highest BCUT2D eigenvalue weighted by Gasteiger charge is 2.36. The maximum Gasteiger partial charge on any atom is 0.421 e. The monoisotopic (exact) mass is 418 g/mol. The van der Waals surface area contributed by atoms with E-state index in [0.29, 0.717) is 11.6 Å². The first-order chi connectivity index (χ1) is 14.2. The van der Waals surface area contributed by atoms with E-state index in [1.165, 1.54) is 7.05 Å². The van der Waals surface area contributed by atoms with Crippen LogP contribution in [0.15, 0.2) is 30.7 Å². The minimum atomic E-state index is -4.54. The van der Waals surface area contributed by atoms with Crippen molar-refractivity contribution in [2.75, 3.05) is 17.7 Å². The molecule has 8 nitrogen and oxygen atoms in total. The molecular formula is C19H21F3N8. The maximum absolute atomic E-state index is 13.1. The van der Waals surface area contributed by atoms with Crippen molar-refractivity contribution in [3.8, 4) is 0 Å². The molecule has 11 heteroatoms. The molecule has 1 saturated carbocycles. The third-order valence-electron chi connectivity index (χ3n) is 4.96. The summed E-state index contributed by atoms with van der Waals surface area (Å²) >= 11 is 0. The van der Waals surface area contributed by atoms with Crippen molar-refractivity contribution < 1.29 is 13.2 Å². The van der Waals surface area contributed by atoms with Crippen LogP contribution in [0.1, 0.15) is 49.8 Å². The van der Waals surface area contributed by atoms with Crippen LogP contribution in [0.4, 0.5) is 30.8 Å². The van der Waals surface area contributed by atoms with E-state index >= 15 is 0 Å². The summed E-state index contributed by atoms with van der Waals surface area (Å²) in [4.78, 5) is 16.5. The molecule has 0 unspecified atom stereocenters. The standard InChI is InChI=1S/C19H21F3N8/c1-18(2,16-24-7-4-8-25-16)13-9-14(30(29-13)11-5-6-11)27-17-26-10-12(19(20,21)22)15(23-3)28-17/h4,7-11H,5-6H2,1-3H3,(H2,23,26,27,28). The van der Waals surface area contributed by atoms with Gasteiger partial charge in [-0.2, -0.15) is 23.3 Å². The van der Waals surface area contributed by atoms with Gasteiger partial charge in [-0.05, 0) is 32.8 Å². The van der Waals surface area contributed by atoms with E-state index in [1.54, 1.807) is 18.5 Å². The molecule has 0 atom stereocenters. The molecule has 3 aromatic heterocycles. The maximum atomic E-state index is 13.1. The van der Waals surface area contributed by atoms with Gasteiger partial charge in [0.15, 0.2) is 0 Å². The predicted octanol–water partition coefficient (Wildman–Crippen LogP) is 3.93. The van der Waals surface area contributed by atoms with Gasteiger partial charge >= 0.3 is 6.18 Å². The molecule has 0 aromatic carbocycles. The zero-order valence-electron chi connectivity index (χ0n) is 16.7. The largest absolute Gasteiger partial charge is 0.421 e. The molecule has 3 heterocycles. The van der Waals surface area contributed by atoms with Gasteiger partial charge in [0.25, 0.3) is 0 Å². The van der Waals surface area contributed by atoms with E-state index in [-0.39, 0.29) is 17.8 Å². The van der Waals surface area contributed by atoms with Crippen molar-refractivity contribution in [2.24, 2.45) is 0 Å². The summed E-state index contributed by atoms with van der Waals surface area (Å²) in [6, 6.07) is 3.82. The fourth-order valence-electron chi connectivity index (χ4n) is 3.08. The van der Waals surface area contributed by atoms with Gasteiger partial charge in [0.2, 0.25) is 5.95 Å². The Morgan fingerprint density at radius 3 is 2.40 bits per heavy atom. The van der Waals surface area contributed by atoms with Crippen molar-refractivity contribution in [1.82, 2.24) is 29.7 Å². The molecule has 0 saturated heterocycles. The first-order valence-electron chi connectivity index (χ1n) is 9.46. The van der Waals surface area contributed by atoms with Crippen LogP contribution in [0.2, 0.25) is 0 Å². The third-order valence-corrected chi connectivity index (χ3v) is 4.96. The van der Waals surface area contributed by atoms with Crippen LogP contribution in [0, 0.1) is 0 Å². The first-order valence-corrected chi connectivity index (χ1v) is 9.46. The fraction of sp³-hybridized carbons (Fsp3) is 0.421. The van der Waals surface area contributed by atoms with Crippen molar-refractivity contribution in [1.29, 1.82) is 0 Å². The van der Waals surface area contributed by atoms with E-state index in [2.05, 4.69) is 30.6 Å². The van der Waals surface area contributed by atoms with E-state index in [0.717, 1.165) is 24.7 Å². The number of nitrogens with zero attached hydrogens (tertiary/aromatic N) is 6. The molecule has 158 valence electrons. The summed E-state index contributed by atoms with van der Waals surface area (Å²) in [7, 11) is 1.39. The molecule has 30 heavy (non-hydrogen) atoms. The third kappa shape index (κ3) is 3.79. The minimum Gasteiger partial charge on any atom is -0.372 e. The van der Waals surface area contributed by atoms with Crippen LogP contribution in [-0.2, 0) is 11.6 Å². The second kappa shape index (κ2) is 7.22. The molecule has 0 spiro atoms. The molecule has 2 N–H and O–H groups in total. The summed E-state index contributed by atoms with van der Waals surface area (Å²) in [6.45, 7) is 3.94. The lowest BCUT2D eigenvalue weighted by molar-refractivity contribution is -0.137. The highest BCUT2D eigenvalue weighted by Crippen LogP contribution is 2.40. The number of halogens is 3. The Labute approximate surface area is 171 Å². The molecule has 3 aromatic rings. The number of hydrogen-bond acceptors (Lipinski definition) is 7. The van der Waals surface area contributed by atoms with Gasteiger partial charge in [-0.15, -0.1) is 0 Å². The molecule has 1 fully saturated rings. The van der Waals surface area contributed by atoms with Gasteiger partial charge in [0.05, 0.1) is 17.2 Å². The molecular weight excluding hydrogens is 397 g/mol. The molecule has 0 bridgehead atoms. The quantitative estimate of drug-likeness (QED) is 0.626. The van der Waals surface area contributed by atoms with Gasteiger partial charge in [-0.3, -0.25) is 0 Å². The van der Waals surface area contributed by atoms with Crippen molar-refractivity contribution in [2.45, 2.75) is 44.3 Å². The lowest BCUT2D eigenvalue weighted by atomic mass is 9.88. The van der Waals surface area contributed by atoms with Gasteiger partial charge in [0, 0.05) is 31.7 Å². The van der Waals surface area contributed by atoms with Crippen molar-refractivity contribution in [3.05, 3.63) is 47.8 Å². The van der Waals surface area contributed by atoms with Crippen LogP contribution in [-0.4, -0.2) is 36.8 Å². The average Bonchev–Trinajstić information content (AvgIpc) is 3.47. The minimum absolute atomic E-state index is 0.0504. The Morgan fingerprint density at radius 2 is 1.80 bits per heavy atom. The summed E-state index contributed by atoms with van der Waals surface area (Å²) < 4.78 is 41.1. The van der Waals surface area contributed by atoms with E-state index in [1.807, 2.05) is 24.6 Å². The van der Waals surface area contributed by atoms with Gasteiger partial charge in [-0.25, -0.2) is 19.6 Å². The molecule has 0 amide bonds. The van der Waals surface area contributed by atoms with Crippen molar-refractivity contribution >= 4 is 17.6 Å². The average molecular weight is 418 g/mol. The Bertz CT molecular complexity index is 1040. The highest BCUT2D eigenvalue weighted by atomic mass is 19.4. The van der Waals surface area contributed by atoms with Crippen LogP contribution in [0.5, 0.6) is 0 Å². The number of aromatic nitrogens is 6. The lowest BCUT2D eigenvalue weighted by Crippen LogP contribution is -2.23. The fourth-order valence-corrected chi connectivity index (χ4v) is 3.08. The Kier molecular flexibility index (Phi) is 4.83. The van der Waals surface area contributed by atoms with Crippen LogP contribution < -0.4 is 10.6 Å². The van der Waals surface area contributed by atoms with E-state index in [9.17, 15) is 13.2 Å². The summed E-state index contributed by atoms with van der Waals surface area (Å²) in [5.74, 6) is 0.990. The number of alkyl halides is 3. The van der Waals surface area contributed by atoms with Crippen LogP contribution in [0.25, 0.3) is 0 Å². The number of anilines is 3.